The SMILES string of the molecule is CC(=O)Nc1ccc(CN(CC(=O)O)CC(C)C)cc1. The van der Waals surface area contributed by atoms with Crippen LogP contribution in [0.25, 0.3) is 0 Å². The van der Waals surface area contributed by atoms with Gasteiger partial charge in [0.05, 0.1) is 6.54 Å². The molecule has 2 N–H and O–H groups in total. The zero-order valence-electron chi connectivity index (χ0n) is 12.2. The highest BCUT2D eigenvalue weighted by Crippen LogP contribution is 2.12. The van der Waals surface area contributed by atoms with Gasteiger partial charge in [-0.15, -0.1) is 0 Å². The summed E-state index contributed by atoms with van der Waals surface area (Å²) in [5.74, 6) is -0.515. The summed E-state index contributed by atoms with van der Waals surface area (Å²) >= 11 is 0. The number of rotatable bonds is 7. The number of carboxylic acids is 1. The lowest BCUT2D eigenvalue weighted by molar-refractivity contribution is -0.138. The van der Waals surface area contributed by atoms with Gasteiger partial charge in [0.1, 0.15) is 0 Å². The molecule has 110 valence electrons. The summed E-state index contributed by atoms with van der Waals surface area (Å²) in [5.41, 5.74) is 1.77. The highest BCUT2D eigenvalue weighted by atomic mass is 16.4. The molecular formula is C15H22N2O3. The van der Waals surface area contributed by atoms with Crippen LogP contribution in [0.5, 0.6) is 0 Å². The van der Waals surface area contributed by atoms with Crippen LogP contribution >= 0.6 is 0 Å². The Kier molecular flexibility index (Phi) is 6.18. The minimum Gasteiger partial charge on any atom is -0.480 e. The Labute approximate surface area is 119 Å². The molecule has 0 fully saturated rings. The largest absolute Gasteiger partial charge is 0.480 e. The number of hydrogen-bond acceptors (Lipinski definition) is 3. The Morgan fingerprint density at radius 3 is 2.30 bits per heavy atom. The number of aliphatic carboxylic acids is 1. The lowest BCUT2D eigenvalue weighted by Crippen LogP contribution is -2.32. The Hall–Kier alpha value is -1.88. The fourth-order valence-corrected chi connectivity index (χ4v) is 2.05. The second-order valence-electron chi connectivity index (χ2n) is 5.34. The van der Waals surface area contributed by atoms with Crippen LogP contribution in [0.3, 0.4) is 0 Å². The third-order valence-corrected chi connectivity index (χ3v) is 2.66. The van der Waals surface area contributed by atoms with Crippen LogP contribution in [-0.4, -0.2) is 35.0 Å². The van der Waals surface area contributed by atoms with E-state index in [1.54, 1.807) is 0 Å². The molecule has 1 aromatic carbocycles. The first-order chi connectivity index (χ1) is 9.36. The van der Waals surface area contributed by atoms with Crippen molar-refractivity contribution >= 4 is 17.6 Å². The smallest absolute Gasteiger partial charge is 0.317 e. The molecule has 0 radical (unpaired) electrons. The third-order valence-electron chi connectivity index (χ3n) is 2.66. The van der Waals surface area contributed by atoms with Gasteiger partial charge < -0.3 is 10.4 Å². The first kappa shape index (κ1) is 16.2. The number of carbonyl (C=O) groups excluding carboxylic acids is 1. The summed E-state index contributed by atoms with van der Waals surface area (Å²) in [5, 5.41) is 11.6. The minimum absolute atomic E-state index is 0.0334. The molecule has 0 aliphatic rings. The average Bonchev–Trinajstić information content (AvgIpc) is 2.29. The van der Waals surface area contributed by atoms with Crippen molar-refractivity contribution in [2.75, 3.05) is 18.4 Å². The van der Waals surface area contributed by atoms with Gasteiger partial charge in [0.25, 0.3) is 0 Å². The maximum atomic E-state index is 10.9. The van der Waals surface area contributed by atoms with E-state index in [0.717, 1.165) is 17.8 Å². The van der Waals surface area contributed by atoms with Crippen LogP contribution in [-0.2, 0) is 16.1 Å². The Morgan fingerprint density at radius 1 is 1.25 bits per heavy atom. The molecule has 0 unspecified atom stereocenters. The fourth-order valence-electron chi connectivity index (χ4n) is 2.05. The first-order valence-electron chi connectivity index (χ1n) is 6.67. The molecule has 1 aromatic rings. The van der Waals surface area contributed by atoms with E-state index < -0.39 is 5.97 Å². The normalized spacial score (nSPS) is 10.8. The van der Waals surface area contributed by atoms with Gasteiger partial charge >= 0.3 is 5.97 Å². The molecule has 0 aliphatic carbocycles. The van der Waals surface area contributed by atoms with Gasteiger partial charge in [-0.05, 0) is 23.6 Å². The van der Waals surface area contributed by atoms with Gasteiger partial charge in [-0.25, -0.2) is 0 Å². The second-order valence-corrected chi connectivity index (χ2v) is 5.34. The number of benzene rings is 1. The summed E-state index contributed by atoms with van der Waals surface area (Å²) in [6, 6.07) is 7.46. The van der Waals surface area contributed by atoms with Crippen LogP contribution in [0.4, 0.5) is 5.69 Å². The highest BCUT2D eigenvalue weighted by Gasteiger charge is 2.12. The highest BCUT2D eigenvalue weighted by molar-refractivity contribution is 5.88. The molecule has 0 saturated heterocycles. The Bertz CT molecular complexity index is 455. The summed E-state index contributed by atoms with van der Waals surface area (Å²) in [6.07, 6.45) is 0. The van der Waals surface area contributed by atoms with Crippen LogP contribution in [0, 0.1) is 5.92 Å². The van der Waals surface area contributed by atoms with Crippen LogP contribution in [0.15, 0.2) is 24.3 Å². The molecule has 0 heterocycles. The lowest BCUT2D eigenvalue weighted by Gasteiger charge is -2.22. The van der Waals surface area contributed by atoms with Gasteiger partial charge in [0.15, 0.2) is 0 Å². The van der Waals surface area contributed by atoms with Gasteiger partial charge in [-0.1, -0.05) is 26.0 Å². The number of hydrogen-bond donors (Lipinski definition) is 2. The maximum absolute atomic E-state index is 10.9. The molecule has 0 bridgehead atoms. The van der Waals surface area contributed by atoms with Gasteiger partial charge in [0, 0.05) is 25.7 Å². The van der Waals surface area contributed by atoms with E-state index in [0.29, 0.717) is 12.5 Å². The van der Waals surface area contributed by atoms with E-state index in [9.17, 15) is 9.59 Å². The molecular weight excluding hydrogens is 256 g/mol. The van der Waals surface area contributed by atoms with Crippen molar-refractivity contribution in [2.45, 2.75) is 27.3 Å². The van der Waals surface area contributed by atoms with Crippen LogP contribution in [0.2, 0.25) is 0 Å². The number of carbonyl (C=O) groups is 2. The zero-order chi connectivity index (χ0) is 15.1. The van der Waals surface area contributed by atoms with Crippen molar-refractivity contribution in [3.63, 3.8) is 0 Å². The van der Waals surface area contributed by atoms with Gasteiger partial charge in [-0.2, -0.15) is 0 Å². The van der Waals surface area contributed by atoms with E-state index in [-0.39, 0.29) is 12.5 Å². The second kappa shape index (κ2) is 7.65. The molecule has 0 atom stereocenters. The summed E-state index contributed by atoms with van der Waals surface area (Å²) < 4.78 is 0. The quantitative estimate of drug-likeness (QED) is 0.802. The van der Waals surface area contributed by atoms with Crippen LogP contribution < -0.4 is 5.32 Å². The molecule has 20 heavy (non-hydrogen) atoms. The molecule has 0 spiro atoms. The molecule has 1 rings (SSSR count). The summed E-state index contributed by atoms with van der Waals surface area (Å²) in [4.78, 5) is 23.7. The number of nitrogens with zero attached hydrogens (tertiary/aromatic N) is 1. The lowest BCUT2D eigenvalue weighted by atomic mass is 10.1. The molecule has 5 heteroatoms. The topological polar surface area (TPSA) is 69.6 Å². The maximum Gasteiger partial charge on any atom is 0.317 e. The predicted molar refractivity (Wildman–Crippen MR) is 78.5 cm³/mol. The summed E-state index contributed by atoms with van der Waals surface area (Å²) in [7, 11) is 0. The molecule has 0 aliphatic heterocycles. The Morgan fingerprint density at radius 2 is 1.85 bits per heavy atom. The predicted octanol–water partition coefficient (Wildman–Crippen LogP) is 2.19. The number of amides is 1. The number of nitrogens with one attached hydrogen (secondary N) is 1. The summed E-state index contributed by atoms with van der Waals surface area (Å²) in [6.45, 7) is 6.95. The van der Waals surface area contributed by atoms with E-state index in [1.807, 2.05) is 29.2 Å². The standard InChI is InChI=1S/C15H22N2O3/c1-11(2)8-17(10-15(19)20)9-13-4-6-14(7-5-13)16-12(3)18/h4-7,11H,8-10H2,1-3H3,(H,16,18)(H,19,20). The molecule has 0 saturated carbocycles. The number of carboxylic acid groups (broad SMARTS) is 1. The zero-order valence-corrected chi connectivity index (χ0v) is 12.2. The van der Waals surface area contributed by atoms with Crippen molar-refractivity contribution in [3.05, 3.63) is 29.8 Å². The van der Waals surface area contributed by atoms with Gasteiger partial charge in [-0.3, -0.25) is 14.5 Å². The molecule has 1 amide bonds. The Balaban J connectivity index is 2.67. The molecule has 0 aromatic heterocycles. The molecule has 5 nitrogen and oxygen atoms in total. The van der Waals surface area contributed by atoms with E-state index in [1.165, 1.54) is 6.92 Å². The van der Waals surface area contributed by atoms with Crippen molar-refractivity contribution < 1.29 is 14.7 Å². The third kappa shape index (κ3) is 6.33. The van der Waals surface area contributed by atoms with Crippen molar-refractivity contribution in [1.29, 1.82) is 0 Å². The van der Waals surface area contributed by atoms with E-state index in [2.05, 4.69) is 19.2 Å². The van der Waals surface area contributed by atoms with Crippen LogP contribution in [0.1, 0.15) is 26.3 Å². The first-order valence-corrected chi connectivity index (χ1v) is 6.67. The van der Waals surface area contributed by atoms with Crippen molar-refractivity contribution in [1.82, 2.24) is 4.90 Å². The van der Waals surface area contributed by atoms with E-state index in [4.69, 9.17) is 5.11 Å². The van der Waals surface area contributed by atoms with E-state index >= 15 is 0 Å². The van der Waals surface area contributed by atoms with Crippen molar-refractivity contribution in [2.24, 2.45) is 5.92 Å². The number of anilines is 1. The van der Waals surface area contributed by atoms with Gasteiger partial charge in [0.2, 0.25) is 5.91 Å². The minimum atomic E-state index is -0.819. The monoisotopic (exact) mass is 278 g/mol. The fraction of sp³-hybridized carbons (Fsp3) is 0.467. The average molecular weight is 278 g/mol. The van der Waals surface area contributed by atoms with Crippen molar-refractivity contribution in [3.8, 4) is 0 Å².